The van der Waals surface area contributed by atoms with Gasteiger partial charge in [0.25, 0.3) is 0 Å². The van der Waals surface area contributed by atoms with E-state index in [0.717, 1.165) is 22.6 Å². The molecule has 8 heteroatoms. The van der Waals surface area contributed by atoms with Gasteiger partial charge in [-0.2, -0.15) is 0 Å². The molecule has 0 spiro atoms. The lowest BCUT2D eigenvalue weighted by atomic mass is 10.1. The summed E-state index contributed by atoms with van der Waals surface area (Å²) in [5, 5.41) is 12.0. The average Bonchev–Trinajstić information content (AvgIpc) is 3.15. The Labute approximate surface area is 186 Å². The molecule has 0 saturated heterocycles. The highest BCUT2D eigenvalue weighted by Crippen LogP contribution is 2.22. The van der Waals surface area contributed by atoms with Crippen LogP contribution in [0.2, 0.25) is 0 Å². The number of amides is 1. The van der Waals surface area contributed by atoms with Crippen molar-refractivity contribution in [3.8, 4) is 11.5 Å². The Morgan fingerprint density at radius 1 is 1.19 bits per heavy atom. The number of hydrogen-bond acceptors (Lipinski definition) is 6. The molecule has 1 N–H and O–H groups in total. The standard InChI is InChI=1S/C23H26N4O3S/c1-5-12-27-21(14-30-20-13-16(2)6-7-17(20)3)25-26-23(27)31-15-22(28)24-18-8-10-19(29-4)11-9-18/h5-11,13H,1,12,14-15H2,2-4H3,(H,24,28). The summed E-state index contributed by atoms with van der Waals surface area (Å²) in [6, 6.07) is 13.3. The maximum absolute atomic E-state index is 12.3. The molecule has 7 nitrogen and oxygen atoms in total. The molecule has 0 radical (unpaired) electrons. The van der Waals surface area contributed by atoms with E-state index in [0.29, 0.717) is 23.2 Å². The minimum atomic E-state index is -0.128. The van der Waals surface area contributed by atoms with E-state index < -0.39 is 0 Å². The molecule has 0 fully saturated rings. The largest absolute Gasteiger partial charge is 0.497 e. The van der Waals surface area contributed by atoms with E-state index in [1.54, 1.807) is 37.5 Å². The minimum Gasteiger partial charge on any atom is -0.497 e. The molecule has 1 amide bonds. The van der Waals surface area contributed by atoms with E-state index >= 15 is 0 Å². The average molecular weight is 439 g/mol. The lowest BCUT2D eigenvalue weighted by Gasteiger charge is -2.11. The second-order valence-corrected chi connectivity index (χ2v) is 7.86. The zero-order chi connectivity index (χ0) is 22.2. The van der Waals surface area contributed by atoms with Crippen molar-refractivity contribution < 1.29 is 14.3 Å². The summed E-state index contributed by atoms with van der Waals surface area (Å²) in [6.45, 7) is 8.65. The van der Waals surface area contributed by atoms with Gasteiger partial charge in [0, 0.05) is 12.2 Å². The molecule has 3 rings (SSSR count). The first-order chi connectivity index (χ1) is 15.0. The summed E-state index contributed by atoms with van der Waals surface area (Å²) in [5.41, 5.74) is 2.90. The number of nitrogens with one attached hydrogen (secondary N) is 1. The molecule has 0 unspecified atom stereocenters. The van der Waals surface area contributed by atoms with Crippen LogP contribution in [0.3, 0.4) is 0 Å². The summed E-state index contributed by atoms with van der Waals surface area (Å²) in [7, 11) is 1.60. The fourth-order valence-electron chi connectivity index (χ4n) is 2.85. The van der Waals surface area contributed by atoms with Crippen molar-refractivity contribution in [2.45, 2.75) is 32.2 Å². The Morgan fingerprint density at radius 2 is 1.97 bits per heavy atom. The number of carbonyl (C=O) groups is 1. The van der Waals surface area contributed by atoms with Crippen molar-refractivity contribution in [2.75, 3.05) is 18.2 Å². The van der Waals surface area contributed by atoms with Crippen LogP contribution in [-0.4, -0.2) is 33.5 Å². The molecule has 3 aromatic rings. The fourth-order valence-corrected chi connectivity index (χ4v) is 3.62. The van der Waals surface area contributed by atoms with Crippen molar-refractivity contribution in [1.29, 1.82) is 0 Å². The van der Waals surface area contributed by atoms with Crippen LogP contribution >= 0.6 is 11.8 Å². The number of methoxy groups -OCH3 is 1. The predicted molar refractivity (Wildman–Crippen MR) is 123 cm³/mol. The number of anilines is 1. The molecule has 1 aromatic heterocycles. The number of rotatable bonds is 10. The molecule has 0 aliphatic heterocycles. The Hall–Kier alpha value is -3.26. The lowest BCUT2D eigenvalue weighted by molar-refractivity contribution is -0.113. The Kier molecular flexibility index (Phi) is 7.72. The monoisotopic (exact) mass is 438 g/mol. The van der Waals surface area contributed by atoms with Gasteiger partial charge in [0.1, 0.15) is 18.1 Å². The zero-order valence-electron chi connectivity index (χ0n) is 17.9. The van der Waals surface area contributed by atoms with Crippen molar-refractivity contribution >= 4 is 23.4 Å². The third-order valence-corrected chi connectivity index (χ3v) is 5.48. The first kappa shape index (κ1) is 22.4. The topological polar surface area (TPSA) is 78.3 Å². The van der Waals surface area contributed by atoms with Gasteiger partial charge in [0.05, 0.1) is 12.9 Å². The number of ether oxygens (including phenoxy) is 2. The van der Waals surface area contributed by atoms with Crippen LogP contribution < -0.4 is 14.8 Å². The summed E-state index contributed by atoms with van der Waals surface area (Å²) in [4.78, 5) is 12.3. The molecule has 0 bridgehead atoms. The van der Waals surface area contributed by atoms with Gasteiger partial charge in [0.2, 0.25) is 5.91 Å². The molecule has 0 atom stereocenters. The maximum Gasteiger partial charge on any atom is 0.234 e. The fraction of sp³-hybridized carbons (Fsp3) is 0.261. The van der Waals surface area contributed by atoms with Gasteiger partial charge in [-0.05, 0) is 55.3 Å². The molecule has 0 aliphatic carbocycles. The number of carbonyl (C=O) groups excluding carboxylic acids is 1. The van der Waals surface area contributed by atoms with Gasteiger partial charge in [-0.3, -0.25) is 9.36 Å². The molecule has 0 saturated carbocycles. The first-order valence-corrected chi connectivity index (χ1v) is 10.8. The van der Waals surface area contributed by atoms with Crippen molar-refractivity contribution in [1.82, 2.24) is 14.8 Å². The van der Waals surface area contributed by atoms with Gasteiger partial charge in [-0.15, -0.1) is 16.8 Å². The number of benzene rings is 2. The van der Waals surface area contributed by atoms with Crippen LogP contribution in [0.25, 0.3) is 0 Å². The van der Waals surface area contributed by atoms with Gasteiger partial charge in [-0.1, -0.05) is 30.0 Å². The molecular formula is C23H26N4O3S. The van der Waals surface area contributed by atoms with E-state index in [2.05, 4.69) is 22.1 Å². The predicted octanol–water partition coefficient (Wildman–Crippen LogP) is 4.40. The summed E-state index contributed by atoms with van der Waals surface area (Å²) in [6.07, 6.45) is 1.77. The smallest absolute Gasteiger partial charge is 0.234 e. The minimum absolute atomic E-state index is 0.128. The van der Waals surface area contributed by atoms with Gasteiger partial charge < -0.3 is 14.8 Å². The Morgan fingerprint density at radius 3 is 2.68 bits per heavy atom. The highest BCUT2D eigenvalue weighted by Gasteiger charge is 2.15. The molecule has 0 aliphatic rings. The van der Waals surface area contributed by atoms with Crippen LogP contribution in [-0.2, 0) is 17.9 Å². The van der Waals surface area contributed by atoms with Gasteiger partial charge >= 0.3 is 0 Å². The van der Waals surface area contributed by atoms with Gasteiger partial charge in [-0.25, -0.2) is 0 Å². The SMILES string of the molecule is C=CCn1c(COc2cc(C)ccc2C)nnc1SCC(=O)Nc1ccc(OC)cc1. The van der Waals surface area contributed by atoms with Crippen molar-refractivity contribution in [2.24, 2.45) is 0 Å². The van der Waals surface area contributed by atoms with Crippen LogP contribution in [0.1, 0.15) is 17.0 Å². The summed E-state index contributed by atoms with van der Waals surface area (Å²) >= 11 is 1.32. The summed E-state index contributed by atoms with van der Waals surface area (Å²) in [5.74, 6) is 2.32. The molecule has 2 aromatic carbocycles. The Balaban J connectivity index is 1.61. The van der Waals surface area contributed by atoms with Crippen LogP contribution in [0.4, 0.5) is 5.69 Å². The van der Waals surface area contributed by atoms with Gasteiger partial charge in [0.15, 0.2) is 11.0 Å². The number of nitrogens with zero attached hydrogens (tertiary/aromatic N) is 3. The van der Waals surface area contributed by atoms with E-state index in [1.807, 2.05) is 36.6 Å². The van der Waals surface area contributed by atoms with Crippen LogP contribution in [0.15, 0.2) is 60.3 Å². The maximum atomic E-state index is 12.3. The molecular weight excluding hydrogens is 412 g/mol. The zero-order valence-corrected chi connectivity index (χ0v) is 18.7. The number of thioether (sulfide) groups is 1. The van der Waals surface area contributed by atoms with E-state index in [4.69, 9.17) is 9.47 Å². The number of hydrogen-bond donors (Lipinski definition) is 1. The van der Waals surface area contributed by atoms with Crippen molar-refractivity contribution in [3.63, 3.8) is 0 Å². The second-order valence-electron chi connectivity index (χ2n) is 6.92. The summed E-state index contributed by atoms with van der Waals surface area (Å²) < 4.78 is 13.0. The molecule has 162 valence electrons. The first-order valence-electron chi connectivity index (χ1n) is 9.80. The molecule has 1 heterocycles. The Bertz CT molecular complexity index is 1050. The quantitative estimate of drug-likeness (QED) is 0.373. The third kappa shape index (κ3) is 6.11. The van der Waals surface area contributed by atoms with Crippen molar-refractivity contribution in [3.05, 3.63) is 72.1 Å². The number of aryl methyl sites for hydroxylation is 2. The van der Waals surface area contributed by atoms with Crippen LogP contribution in [0, 0.1) is 13.8 Å². The number of aromatic nitrogens is 3. The second kappa shape index (κ2) is 10.7. The third-order valence-electron chi connectivity index (χ3n) is 4.51. The normalized spacial score (nSPS) is 10.5. The highest BCUT2D eigenvalue weighted by atomic mass is 32.2. The molecule has 31 heavy (non-hydrogen) atoms. The lowest BCUT2D eigenvalue weighted by Crippen LogP contribution is -2.15. The van der Waals surface area contributed by atoms with E-state index in [9.17, 15) is 4.79 Å². The van der Waals surface area contributed by atoms with E-state index in [-0.39, 0.29) is 18.3 Å². The highest BCUT2D eigenvalue weighted by molar-refractivity contribution is 7.99. The van der Waals surface area contributed by atoms with E-state index in [1.165, 1.54) is 11.8 Å². The number of allylic oxidation sites excluding steroid dienone is 1. The van der Waals surface area contributed by atoms with Crippen LogP contribution in [0.5, 0.6) is 11.5 Å².